The van der Waals surface area contributed by atoms with Crippen molar-refractivity contribution in [3.63, 3.8) is 0 Å². The molecule has 5 rings (SSSR count). The summed E-state index contributed by atoms with van der Waals surface area (Å²) in [4.78, 5) is 26.0. The molecular formula is C24H25N5OS. The first kappa shape index (κ1) is 19.9. The molecule has 158 valence electrons. The topological polar surface area (TPSA) is 63.9 Å². The van der Waals surface area contributed by atoms with E-state index >= 15 is 0 Å². The summed E-state index contributed by atoms with van der Waals surface area (Å²) in [6.45, 7) is 2.74. The molecule has 31 heavy (non-hydrogen) atoms. The molecule has 1 aliphatic rings. The zero-order valence-electron chi connectivity index (χ0n) is 17.6. The summed E-state index contributed by atoms with van der Waals surface area (Å²) < 4.78 is 1.70. The van der Waals surface area contributed by atoms with Crippen LogP contribution in [0.25, 0.3) is 27.3 Å². The molecule has 1 fully saturated rings. The van der Waals surface area contributed by atoms with Crippen LogP contribution in [0.3, 0.4) is 0 Å². The van der Waals surface area contributed by atoms with Gasteiger partial charge in [-0.3, -0.25) is 4.79 Å². The molecule has 6 nitrogen and oxygen atoms in total. The van der Waals surface area contributed by atoms with Gasteiger partial charge in [0.05, 0.1) is 5.39 Å². The van der Waals surface area contributed by atoms with Gasteiger partial charge in [-0.1, -0.05) is 31.4 Å². The van der Waals surface area contributed by atoms with Crippen LogP contribution in [0, 0.1) is 0 Å². The van der Waals surface area contributed by atoms with Crippen LogP contribution in [0.1, 0.15) is 49.5 Å². The van der Waals surface area contributed by atoms with Crippen LogP contribution in [-0.4, -0.2) is 43.1 Å². The van der Waals surface area contributed by atoms with Crippen LogP contribution in [0.5, 0.6) is 0 Å². The summed E-state index contributed by atoms with van der Waals surface area (Å²) in [5.74, 6) is 0.642. The summed E-state index contributed by atoms with van der Waals surface area (Å²) in [6, 6.07) is 12.0. The predicted octanol–water partition coefficient (Wildman–Crippen LogP) is 5.34. The molecule has 0 bridgehead atoms. The van der Waals surface area contributed by atoms with Crippen LogP contribution in [0.4, 0.5) is 0 Å². The fourth-order valence-electron chi connectivity index (χ4n) is 4.56. The highest BCUT2D eigenvalue weighted by Gasteiger charge is 2.30. The summed E-state index contributed by atoms with van der Waals surface area (Å²) in [5, 5.41) is 7.65. The van der Waals surface area contributed by atoms with Crippen molar-refractivity contribution in [2.45, 2.75) is 45.1 Å². The lowest BCUT2D eigenvalue weighted by atomic mass is 9.94. The molecule has 0 radical (unpaired) electrons. The minimum Gasteiger partial charge on any atom is -0.335 e. The Morgan fingerprint density at radius 1 is 1.10 bits per heavy atom. The fourth-order valence-corrected chi connectivity index (χ4v) is 5.32. The van der Waals surface area contributed by atoms with Gasteiger partial charge in [0.25, 0.3) is 5.91 Å². The van der Waals surface area contributed by atoms with Crippen molar-refractivity contribution in [3.8, 4) is 16.3 Å². The third-order valence-electron chi connectivity index (χ3n) is 6.04. The molecule has 4 aromatic rings. The largest absolute Gasteiger partial charge is 0.335 e. The zero-order valence-corrected chi connectivity index (χ0v) is 18.4. The summed E-state index contributed by atoms with van der Waals surface area (Å²) in [6.07, 6.45) is 9.26. The number of amides is 1. The maximum absolute atomic E-state index is 13.9. The average molecular weight is 432 g/mol. The molecule has 1 amide bonds. The van der Waals surface area contributed by atoms with Gasteiger partial charge in [-0.05, 0) is 49.4 Å². The second-order valence-corrected chi connectivity index (χ2v) is 8.81. The maximum atomic E-state index is 13.9. The molecule has 0 saturated heterocycles. The minimum absolute atomic E-state index is 0.0140. The van der Waals surface area contributed by atoms with Crippen molar-refractivity contribution in [2.75, 3.05) is 6.54 Å². The zero-order chi connectivity index (χ0) is 21.2. The molecule has 4 heterocycles. The Morgan fingerprint density at radius 3 is 2.68 bits per heavy atom. The normalized spacial score (nSPS) is 14.7. The molecule has 0 atom stereocenters. The molecule has 0 spiro atoms. The first-order chi connectivity index (χ1) is 15.3. The first-order valence-corrected chi connectivity index (χ1v) is 11.8. The third-order valence-corrected chi connectivity index (χ3v) is 6.94. The Bertz CT molecular complexity index is 1180. The van der Waals surface area contributed by atoms with Gasteiger partial charge < -0.3 is 4.90 Å². The number of pyridine rings is 2. The quantitative estimate of drug-likeness (QED) is 0.428. The molecule has 4 aromatic heterocycles. The van der Waals surface area contributed by atoms with Crippen molar-refractivity contribution >= 4 is 28.3 Å². The van der Waals surface area contributed by atoms with Gasteiger partial charge in [-0.25, -0.2) is 9.97 Å². The van der Waals surface area contributed by atoms with E-state index in [9.17, 15) is 4.79 Å². The number of carbonyl (C=O) groups excluding carboxylic acids is 1. The maximum Gasteiger partial charge on any atom is 0.275 e. The molecule has 0 aliphatic heterocycles. The molecular weight excluding hydrogens is 406 g/mol. The number of hydrogen-bond acceptors (Lipinski definition) is 5. The van der Waals surface area contributed by atoms with Gasteiger partial charge >= 0.3 is 0 Å². The van der Waals surface area contributed by atoms with Crippen molar-refractivity contribution < 1.29 is 4.79 Å². The van der Waals surface area contributed by atoms with Crippen LogP contribution in [0.15, 0.2) is 54.2 Å². The van der Waals surface area contributed by atoms with Gasteiger partial charge in [0, 0.05) is 35.4 Å². The van der Waals surface area contributed by atoms with Crippen molar-refractivity contribution in [1.82, 2.24) is 24.6 Å². The van der Waals surface area contributed by atoms with Crippen molar-refractivity contribution in [3.05, 3.63) is 59.9 Å². The molecule has 7 heteroatoms. The summed E-state index contributed by atoms with van der Waals surface area (Å²) in [7, 11) is 0. The van der Waals surface area contributed by atoms with E-state index in [1.54, 1.807) is 28.4 Å². The SMILES string of the molecule is CCN(C(=O)c1nn(-c2ccccn2)c2nccc(-c3cccs3)c12)C1CCCCC1. The van der Waals surface area contributed by atoms with E-state index in [0.717, 1.165) is 28.7 Å². The highest BCUT2D eigenvalue weighted by atomic mass is 32.1. The van der Waals surface area contributed by atoms with Crippen LogP contribution in [-0.2, 0) is 0 Å². The first-order valence-electron chi connectivity index (χ1n) is 10.9. The van der Waals surface area contributed by atoms with Gasteiger partial charge in [-0.2, -0.15) is 9.78 Å². The van der Waals surface area contributed by atoms with Gasteiger partial charge in [0.2, 0.25) is 0 Å². The van der Waals surface area contributed by atoms with Gasteiger partial charge in [0.15, 0.2) is 17.2 Å². The van der Waals surface area contributed by atoms with E-state index in [0.29, 0.717) is 23.7 Å². The number of aromatic nitrogens is 4. The Labute approximate surface area is 185 Å². The average Bonchev–Trinajstić information content (AvgIpc) is 3.49. The van der Waals surface area contributed by atoms with Gasteiger partial charge in [-0.15, -0.1) is 11.3 Å². The molecule has 1 aliphatic carbocycles. The molecule has 0 unspecified atom stereocenters. The van der Waals surface area contributed by atoms with E-state index < -0.39 is 0 Å². The van der Waals surface area contributed by atoms with E-state index in [4.69, 9.17) is 5.10 Å². The lowest BCUT2D eigenvalue weighted by Crippen LogP contribution is -2.41. The van der Waals surface area contributed by atoms with E-state index in [-0.39, 0.29) is 11.9 Å². The number of hydrogen-bond donors (Lipinski definition) is 0. The minimum atomic E-state index is -0.0140. The second kappa shape index (κ2) is 8.59. The van der Waals surface area contributed by atoms with Crippen LogP contribution >= 0.6 is 11.3 Å². The lowest BCUT2D eigenvalue weighted by molar-refractivity contribution is 0.0643. The van der Waals surface area contributed by atoms with E-state index in [1.165, 1.54) is 19.3 Å². The monoisotopic (exact) mass is 431 g/mol. The highest BCUT2D eigenvalue weighted by Crippen LogP contribution is 2.35. The highest BCUT2D eigenvalue weighted by molar-refractivity contribution is 7.13. The summed E-state index contributed by atoms with van der Waals surface area (Å²) >= 11 is 1.65. The third kappa shape index (κ3) is 3.63. The summed E-state index contributed by atoms with van der Waals surface area (Å²) in [5.41, 5.74) is 2.11. The standard InChI is InChI=1S/C24H25N5OS/c1-2-28(17-9-4-3-5-10-17)24(30)22-21-18(19-11-8-16-31-19)13-15-26-23(21)29(27-22)20-12-6-7-14-25-20/h6-8,11-17H,2-5,9-10H2,1H3. The van der Waals surface area contributed by atoms with E-state index in [2.05, 4.69) is 23.0 Å². The number of nitrogens with zero attached hydrogens (tertiary/aromatic N) is 5. The Morgan fingerprint density at radius 2 is 1.97 bits per heavy atom. The molecule has 0 N–H and O–H groups in total. The lowest BCUT2D eigenvalue weighted by Gasteiger charge is -2.33. The van der Waals surface area contributed by atoms with E-state index in [1.807, 2.05) is 40.6 Å². The molecule has 0 aromatic carbocycles. The second-order valence-electron chi connectivity index (χ2n) is 7.87. The smallest absolute Gasteiger partial charge is 0.275 e. The predicted molar refractivity (Wildman–Crippen MR) is 124 cm³/mol. The molecule has 1 saturated carbocycles. The fraction of sp³-hybridized carbons (Fsp3) is 0.333. The number of thiophene rings is 1. The number of carbonyl (C=O) groups is 1. The van der Waals surface area contributed by atoms with Crippen molar-refractivity contribution in [2.24, 2.45) is 0 Å². The Hall–Kier alpha value is -3.06. The van der Waals surface area contributed by atoms with Crippen LogP contribution in [0.2, 0.25) is 0 Å². The van der Waals surface area contributed by atoms with Crippen LogP contribution < -0.4 is 0 Å². The number of rotatable bonds is 5. The van der Waals surface area contributed by atoms with Gasteiger partial charge in [0.1, 0.15) is 0 Å². The Balaban J connectivity index is 1.70. The number of fused-ring (bicyclic) bond motifs is 1. The Kier molecular flexibility index (Phi) is 5.51. The van der Waals surface area contributed by atoms with Crippen molar-refractivity contribution in [1.29, 1.82) is 0 Å².